The lowest BCUT2D eigenvalue weighted by Gasteiger charge is -2.33. The van der Waals surface area contributed by atoms with E-state index in [0.29, 0.717) is 5.92 Å². The maximum Gasteiger partial charge on any atom is 0.254 e. The van der Waals surface area contributed by atoms with Crippen molar-refractivity contribution in [3.63, 3.8) is 0 Å². The number of carbonyl (C=O) groups excluding carboxylic acids is 1. The lowest BCUT2D eigenvalue weighted by atomic mass is 9.90. The molecule has 2 N–H and O–H groups in total. The molecule has 0 radical (unpaired) electrons. The van der Waals surface area contributed by atoms with Crippen LogP contribution < -0.4 is 5.73 Å². The van der Waals surface area contributed by atoms with Gasteiger partial charge in [0, 0.05) is 24.5 Å². The molecule has 5 heteroatoms. The van der Waals surface area contributed by atoms with Crippen LogP contribution >= 0.6 is 23.7 Å². The average Bonchev–Trinajstić information content (AvgIpc) is 2.74. The van der Waals surface area contributed by atoms with E-state index in [-0.39, 0.29) is 24.4 Å². The van der Waals surface area contributed by atoms with E-state index >= 15 is 0 Å². The molecule has 1 unspecified atom stereocenters. The fourth-order valence-electron chi connectivity index (χ4n) is 2.38. The molecule has 1 atom stereocenters. The highest BCUT2D eigenvalue weighted by Crippen LogP contribution is 2.23. The SMILES string of the molecule is Cc1cscc1C(=O)N1CCC(C(C)N)CC1.Cl. The molecule has 1 aliphatic rings. The van der Waals surface area contributed by atoms with Crippen LogP contribution in [-0.2, 0) is 0 Å². The first-order chi connectivity index (χ1) is 8.09. The highest BCUT2D eigenvalue weighted by Gasteiger charge is 2.26. The highest BCUT2D eigenvalue weighted by molar-refractivity contribution is 7.08. The number of amides is 1. The number of nitrogens with zero attached hydrogens (tertiary/aromatic N) is 1. The predicted octanol–water partition coefficient (Wildman–Crippen LogP) is 2.68. The number of hydrogen-bond donors (Lipinski definition) is 1. The number of aryl methyl sites for hydroxylation is 1. The smallest absolute Gasteiger partial charge is 0.254 e. The molecule has 3 nitrogen and oxygen atoms in total. The zero-order valence-electron chi connectivity index (χ0n) is 10.9. The van der Waals surface area contributed by atoms with E-state index in [1.807, 2.05) is 22.6 Å². The molecule has 1 aliphatic heterocycles. The van der Waals surface area contributed by atoms with E-state index in [0.717, 1.165) is 37.1 Å². The van der Waals surface area contributed by atoms with Gasteiger partial charge in [-0.2, -0.15) is 11.3 Å². The largest absolute Gasteiger partial charge is 0.339 e. The zero-order chi connectivity index (χ0) is 12.4. The molecule has 102 valence electrons. The van der Waals surface area contributed by atoms with Gasteiger partial charge in [-0.25, -0.2) is 0 Å². The van der Waals surface area contributed by atoms with E-state index in [4.69, 9.17) is 5.73 Å². The Hall–Kier alpha value is -0.580. The number of carbonyl (C=O) groups is 1. The maximum absolute atomic E-state index is 12.3. The third-order valence-electron chi connectivity index (χ3n) is 3.66. The highest BCUT2D eigenvalue weighted by atomic mass is 35.5. The molecule has 1 aromatic heterocycles. The van der Waals surface area contributed by atoms with Gasteiger partial charge in [-0.15, -0.1) is 12.4 Å². The summed E-state index contributed by atoms with van der Waals surface area (Å²) in [7, 11) is 0. The molecule has 2 rings (SSSR count). The second kappa shape index (κ2) is 6.55. The van der Waals surface area contributed by atoms with E-state index < -0.39 is 0 Å². The van der Waals surface area contributed by atoms with Crippen molar-refractivity contribution >= 4 is 29.7 Å². The van der Waals surface area contributed by atoms with E-state index in [9.17, 15) is 4.79 Å². The van der Waals surface area contributed by atoms with Crippen LogP contribution in [0.4, 0.5) is 0 Å². The van der Waals surface area contributed by atoms with Gasteiger partial charge in [0.15, 0.2) is 0 Å². The lowest BCUT2D eigenvalue weighted by Crippen LogP contribution is -2.42. The van der Waals surface area contributed by atoms with E-state index in [1.165, 1.54) is 0 Å². The molecule has 0 bridgehead atoms. The van der Waals surface area contributed by atoms with Gasteiger partial charge < -0.3 is 10.6 Å². The number of nitrogens with two attached hydrogens (primary N) is 1. The summed E-state index contributed by atoms with van der Waals surface area (Å²) in [5.74, 6) is 0.759. The van der Waals surface area contributed by atoms with Crippen molar-refractivity contribution in [2.24, 2.45) is 11.7 Å². The summed E-state index contributed by atoms with van der Waals surface area (Å²) in [6.07, 6.45) is 2.07. The van der Waals surface area contributed by atoms with Crippen LogP contribution in [0.15, 0.2) is 10.8 Å². The Morgan fingerprint density at radius 2 is 2.06 bits per heavy atom. The maximum atomic E-state index is 12.3. The van der Waals surface area contributed by atoms with Gasteiger partial charge in [-0.1, -0.05) is 0 Å². The third kappa shape index (κ3) is 3.25. The summed E-state index contributed by atoms with van der Waals surface area (Å²) >= 11 is 1.60. The molecule has 1 amide bonds. The quantitative estimate of drug-likeness (QED) is 0.909. The third-order valence-corrected chi connectivity index (χ3v) is 4.52. The van der Waals surface area contributed by atoms with E-state index in [2.05, 4.69) is 6.92 Å². The molecule has 18 heavy (non-hydrogen) atoms. The Morgan fingerprint density at radius 1 is 1.44 bits per heavy atom. The number of hydrogen-bond acceptors (Lipinski definition) is 3. The molecule has 0 aliphatic carbocycles. The molecule has 0 spiro atoms. The van der Waals surface area contributed by atoms with Gasteiger partial charge in [-0.05, 0) is 43.6 Å². The average molecular weight is 289 g/mol. The molecule has 2 heterocycles. The van der Waals surface area contributed by atoms with Crippen molar-refractivity contribution in [2.75, 3.05) is 13.1 Å². The summed E-state index contributed by atoms with van der Waals surface area (Å²) in [5, 5.41) is 3.98. The fourth-order valence-corrected chi connectivity index (χ4v) is 3.20. The minimum Gasteiger partial charge on any atom is -0.339 e. The summed E-state index contributed by atoms with van der Waals surface area (Å²) in [4.78, 5) is 14.2. The summed E-state index contributed by atoms with van der Waals surface area (Å²) in [6, 6.07) is 0.245. The fraction of sp³-hybridized carbons (Fsp3) is 0.615. The van der Waals surface area contributed by atoms with Crippen LogP contribution in [0.1, 0.15) is 35.7 Å². The molecule has 1 aromatic rings. The Balaban J connectivity index is 0.00000162. The molecule has 0 aromatic carbocycles. The Labute approximate surface area is 119 Å². The first-order valence-corrected chi connectivity index (χ1v) is 7.11. The van der Waals surface area contributed by atoms with Crippen molar-refractivity contribution in [1.82, 2.24) is 4.90 Å². The van der Waals surface area contributed by atoms with Crippen LogP contribution in [0, 0.1) is 12.8 Å². The van der Waals surface area contributed by atoms with Gasteiger partial charge in [0.25, 0.3) is 5.91 Å². The van der Waals surface area contributed by atoms with Gasteiger partial charge >= 0.3 is 0 Å². The van der Waals surface area contributed by atoms with Crippen molar-refractivity contribution in [1.29, 1.82) is 0 Å². The standard InChI is InChI=1S/C13H20N2OS.ClH/c1-9-7-17-8-12(9)13(16)15-5-3-11(4-6-15)10(2)14;/h7-8,10-11H,3-6,14H2,1-2H3;1H. The lowest BCUT2D eigenvalue weighted by molar-refractivity contribution is 0.0681. The van der Waals surface area contributed by atoms with Crippen molar-refractivity contribution in [3.8, 4) is 0 Å². The van der Waals surface area contributed by atoms with Gasteiger partial charge in [0.05, 0.1) is 5.56 Å². The van der Waals surface area contributed by atoms with Crippen LogP contribution in [0.5, 0.6) is 0 Å². The van der Waals surface area contributed by atoms with Gasteiger partial charge in [0.2, 0.25) is 0 Å². The molecule has 1 fully saturated rings. The monoisotopic (exact) mass is 288 g/mol. The van der Waals surface area contributed by atoms with Crippen LogP contribution in [-0.4, -0.2) is 29.9 Å². The minimum atomic E-state index is 0. The van der Waals surface area contributed by atoms with Crippen LogP contribution in [0.3, 0.4) is 0 Å². The number of halogens is 1. The molecule has 1 saturated heterocycles. The molecular weight excluding hydrogens is 268 g/mol. The minimum absolute atomic E-state index is 0. The number of thiophene rings is 1. The second-order valence-corrected chi connectivity index (χ2v) is 5.70. The number of likely N-dealkylation sites (tertiary alicyclic amines) is 1. The Morgan fingerprint density at radius 3 is 2.50 bits per heavy atom. The topological polar surface area (TPSA) is 46.3 Å². The Bertz CT molecular complexity index is 397. The van der Waals surface area contributed by atoms with Gasteiger partial charge in [0.1, 0.15) is 0 Å². The zero-order valence-corrected chi connectivity index (χ0v) is 12.5. The first-order valence-electron chi connectivity index (χ1n) is 6.17. The van der Waals surface area contributed by atoms with Gasteiger partial charge in [-0.3, -0.25) is 4.79 Å². The first kappa shape index (κ1) is 15.5. The van der Waals surface area contributed by atoms with Crippen LogP contribution in [0.2, 0.25) is 0 Å². The van der Waals surface area contributed by atoms with Crippen molar-refractivity contribution < 1.29 is 4.79 Å². The second-order valence-electron chi connectivity index (χ2n) is 4.96. The molecular formula is C13H21ClN2OS. The normalized spacial score (nSPS) is 18.3. The van der Waals surface area contributed by atoms with E-state index in [1.54, 1.807) is 11.3 Å². The summed E-state index contributed by atoms with van der Waals surface area (Å²) < 4.78 is 0. The number of rotatable bonds is 2. The van der Waals surface area contributed by atoms with Crippen molar-refractivity contribution in [3.05, 3.63) is 21.9 Å². The van der Waals surface area contributed by atoms with Crippen LogP contribution in [0.25, 0.3) is 0 Å². The molecule has 0 saturated carbocycles. The Kier molecular flexibility index (Phi) is 5.63. The van der Waals surface area contributed by atoms with Crippen molar-refractivity contribution in [2.45, 2.75) is 32.7 Å². The predicted molar refractivity (Wildman–Crippen MR) is 78.6 cm³/mol. The summed E-state index contributed by atoms with van der Waals surface area (Å²) in [5.41, 5.74) is 7.87. The number of piperidine rings is 1. The summed E-state index contributed by atoms with van der Waals surface area (Å²) in [6.45, 7) is 5.75.